The number of aromatic nitrogens is 1. The van der Waals surface area contributed by atoms with Gasteiger partial charge in [0.15, 0.2) is 0 Å². The Kier molecular flexibility index (Phi) is 4.28. The number of carbonyl (C=O) groups excluding carboxylic acids is 2. The highest BCUT2D eigenvalue weighted by Crippen LogP contribution is 2.05. The van der Waals surface area contributed by atoms with E-state index in [1.807, 2.05) is 12.1 Å². The molecular formula is C14H17N3O2. The van der Waals surface area contributed by atoms with Gasteiger partial charge in [-0.05, 0) is 17.7 Å². The second-order valence-electron chi connectivity index (χ2n) is 4.45. The average molecular weight is 259 g/mol. The summed E-state index contributed by atoms with van der Waals surface area (Å²) in [4.78, 5) is 30.6. The second kappa shape index (κ2) is 6.13. The molecule has 2 heterocycles. The van der Waals surface area contributed by atoms with Crippen molar-refractivity contribution in [3.63, 3.8) is 0 Å². The topological polar surface area (TPSA) is 53.5 Å². The molecule has 1 fully saturated rings. The van der Waals surface area contributed by atoms with E-state index in [1.165, 1.54) is 0 Å². The predicted molar refractivity (Wildman–Crippen MR) is 72.1 cm³/mol. The molecule has 0 aliphatic carbocycles. The zero-order chi connectivity index (χ0) is 13.7. The molecule has 2 rings (SSSR count). The van der Waals surface area contributed by atoms with E-state index in [9.17, 15) is 9.59 Å². The van der Waals surface area contributed by atoms with Gasteiger partial charge in [0.25, 0.3) is 0 Å². The van der Waals surface area contributed by atoms with E-state index in [4.69, 9.17) is 0 Å². The third-order valence-electron chi connectivity index (χ3n) is 3.14. The minimum absolute atomic E-state index is 0.0212. The fourth-order valence-corrected chi connectivity index (χ4v) is 1.99. The van der Waals surface area contributed by atoms with Gasteiger partial charge in [0.2, 0.25) is 11.8 Å². The van der Waals surface area contributed by atoms with Crippen LogP contribution in [0.25, 0.3) is 6.08 Å². The third kappa shape index (κ3) is 3.64. The fourth-order valence-electron chi connectivity index (χ4n) is 1.99. The minimum atomic E-state index is -0.0212. The summed E-state index contributed by atoms with van der Waals surface area (Å²) in [5, 5.41) is 0. The Morgan fingerprint density at radius 3 is 2.47 bits per heavy atom. The molecule has 0 atom stereocenters. The molecule has 2 amide bonds. The van der Waals surface area contributed by atoms with Crippen molar-refractivity contribution in [1.82, 2.24) is 14.8 Å². The summed E-state index contributed by atoms with van der Waals surface area (Å²) in [6, 6.07) is 3.72. The van der Waals surface area contributed by atoms with Crippen LogP contribution in [0.5, 0.6) is 0 Å². The Balaban J connectivity index is 1.88. The van der Waals surface area contributed by atoms with Crippen LogP contribution in [0, 0.1) is 0 Å². The van der Waals surface area contributed by atoms with E-state index in [2.05, 4.69) is 4.98 Å². The lowest BCUT2D eigenvalue weighted by molar-refractivity contribution is -0.135. The molecule has 0 saturated carbocycles. The Bertz CT molecular complexity index is 477. The standard InChI is InChI=1S/C14H17N3O2/c1-12(18)16-7-9-17(10-8-16)14(19)5-4-13-3-2-6-15-11-13/h2-6,11H,7-10H2,1H3. The highest BCUT2D eigenvalue weighted by molar-refractivity contribution is 5.91. The number of hydrogen-bond acceptors (Lipinski definition) is 3. The van der Waals surface area contributed by atoms with Crippen LogP contribution in [0.1, 0.15) is 12.5 Å². The van der Waals surface area contributed by atoms with Crippen molar-refractivity contribution < 1.29 is 9.59 Å². The van der Waals surface area contributed by atoms with Gasteiger partial charge in [-0.15, -0.1) is 0 Å². The summed E-state index contributed by atoms with van der Waals surface area (Å²) < 4.78 is 0. The van der Waals surface area contributed by atoms with Gasteiger partial charge in [0.1, 0.15) is 0 Å². The average Bonchev–Trinajstić information content (AvgIpc) is 2.46. The van der Waals surface area contributed by atoms with Crippen LogP contribution < -0.4 is 0 Å². The molecule has 5 heteroatoms. The molecule has 0 unspecified atom stereocenters. The zero-order valence-corrected chi connectivity index (χ0v) is 11.0. The van der Waals surface area contributed by atoms with Gasteiger partial charge in [-0.3, -0.25) is 14.6 Å². The van der Waals surface area contributed by atoms with Crippen LogP contribution >= 0.6 is 0 Å². The molecule has 0 aromatic carbocycles. The molecule has 0 radical (unpaired) electrons. The smallest absolute Gasteiger partial charge is 0.246 e. The van der Waals surface area contributed by atoms with Crippen molar-refractivity contribution in [3.05, 3.63) is 36.2 Å². The van der Waals surface area contributed by atoms with E-state index in [0.717, 1.165) is 5.56 Å². The van der Waals surface area contributed by atoms with Crippen molar-refractivity contribution in [2.45, 2.75) is 6.92 Å². The first kappa shape index (κ1) is 13.3. The molecule has 0 spiro atoms. The summed E-state index contributed by atoms with van der Waals surface area (Å²) in [5.41, 5.74) is 0.901. The van der Waals surface area contributed by atoms with E-state index < -0.39 is 0 Å². The van der Waals surface area contributed by atoms with E-state index in [-0.39, 0.29) is 11.8 Å². The Morgan fingerprint density at radius 2 is 1.89 bits per heavy atom. The van der Waals surface area contributed by atoms with E-state index in [1.54, 1.807) is 41.3 Å². The van der Waals surface area contributed by atoms with Gasteiger partial charge in [-0.2, -0.15) is 0 Å². The van der Waals surface area contributed by atoms with Gasteiger partial charge in [-0.25, -0.2) is 0 Å². The number of piperazine rings is 1. The first-order chi connectivity index (χ1) is 9.16. The zero-order valence-electron chi connectivity index (χ0n) is 11.0. The molecule has 19 heavy (non-hydrogen) atoms. The molecule has 0 bridgehead atoms. The van der Waals surface area contributed by atoms with Crippen molar-refractivity contribution in [2.24, 2.45) is 0 Å². The first-order valence-corrected chi connectivity index (χ1v) is 6.29. The first-order valence-electron chi connectivity index (χ1n) is 6.29. The predicted octanol–water partition coefficient (Wildman–Crippen LogP) is 0.786. The van der Waals surface area contributed by atoms with E-state index >= 15 is 0 Å². The van der Waals surface area contributed by atoms with E-state index in [0.29, 0.717) is 26.2 Å². The lowest BCUT2D eigenvalue weighted by Crippen LogP contribution is -2.49. The molecule has 0 N–H and O–H groups in total. The maximum atomic E-state index is 12.0. The molecule has 1 aromatic rings. The maximum absolute atomic E-state index is 12.0. The van der Waals surface area contributed by atoms with Crippen molar-refractivity contribution in [2.75, 3.05) is 26.2 Å². The molecular weight excluding hydrogens is 242 g/mol. The number of hydrogen-bond donors (Lipinski definition) is 0. The lowest BCUT2D eigenvalue weighted by atomic mass is 10.2. The molecule has 100 valence electrons. The van der Waals surface area contributed by atoms with Crippen LogP contribution in [0.4, 0.5) is 0 Å². The minimum Gasteiger partial charge on any atom is -0.339 e. The Hall–Kier alpha value is -2.17. The number of carbonyl (C=O) groups is 2. The monoisotopic (exact) mass is 259 g/mol. The number of amides is 2. The van der Waals surface area contributed by atoms with Crippen LogP contribution in [0.2, 0.25) is 0 Å². The summed E-state index contributed by atoms with van der Waals surface area (Å²) in [5.74, 6) is 0.0463. The molecule has 1 saturated heterocycles. The van der Waals surface area contributed by atoms with Gasteiger partial charge in [0.05, 0.1) is 0 Å². The molecule has 1 aliphatic rings. The van der Waals surface area contributed by atoms with Crippen molar-refractivity contribution in [3.8, 4) is 0 Å². The van der Waals surface area contributed by atoms with Crippen molar-refractivity contribution >= 4 is 17.9 Å². The third-order valence-corrected chi connectivity index (χ3v) is 3.14. The second-order valence-corrected chi connectivity index (χ2v) is 4.45. The lowest BCUT2D eigenvalue weighted by Gasteiger charge is -2.33. The summed E-state index contributed by atoms with van der Waals surface area (Å²) >= 11 is 0. The van der Waals surface area contributed by atoms with Gasteiger partial charge in [0, 0.05) is 51.6 Å². The van der Waals surface area contributed by atoms with Gasteiger partial charge < -0.3 is 9.80 Å². The van der Waals surface area contributed by atoms with Crippen molar-refractivity contribution in [1.29, 1.82) is 0 Å². The van der Waals surface area contributed by atoms with Gasteiger partial charge in [-0.1, -0.05) is 6.07 Å². The molecule has 1 aromatic heterocycles. The fraction of sp³-hybridized carbons (Fsp3) is 0.357. The van der Waals surface area contributed by atoms with Crippen LogP contribution in [0.15, 0.2) is 30.6 Å². The van der Waals surface area contributed by atoms with Crippen LogP contribution in [0.3, 0.4) is 0 Å². The number of rotatable bonds is 2. The quantitative estimate of drug-likeness (QED) is 0.738. The Morgan fingerprint density at radius 1 is 1.21 bits per heavy atom. The highest BCUT2D eigenvalue weighted by atomic mass is 16.2. The molecule has 5 nitrogen and oxygen atoms in total. The summed E-state index contributed by atoms with van der Waals surface area (Å²) in [6.45, 7) is 3.97. The van der Waals surface area contributed by atoms with Gasteiger partial charge >= 0.3 is 0 Å². The van der Waals surface area contributed by atoms with Crippen LogP contribution in [-0.2, 0) is 9.59 Å². The SMILES string of the molecule is CC(=O)N1CCN(C(=O)C=Cc2cccnc2)CC1. The number of nitrogens with zero attached hydrogens (tertiary/aromatic N) is 3. The largest absolute Gasteiger partial charge is 0.339 e. The molecule has 1 aliphatic heterocycles. The summed E-state index contributed by atoms with van der Waals surface area (Å²) in [7, 11) is 0. The van der Waals surface area contributed by atoms with Crippen LogP contribution in [-0.4, -0.2) is 52.8 Å². The summed E-state index contributed by atoms with van der Waals surface area (Å²) in [6.07, 6.45) is 6.71. The normalized spacial score (nSPS) is 15.8. The highest BCUT2D eigenvalue weighted by Gasteiger charge is 2.20. The maximum Gasteiger partial charge on any atom is 0.246 e. The number of pyridine rings is 1. The Labute approximate surface area is 112 Å².